The van der Waals surface area contributed by atoms with Gasteiger partial charge in [-0.3, -0.25) is 13.8 Å². The zero-order valence-electron chi connectivity index (χ0n) is 8.99. The molecule has 0 aromatic heterocycles. The van der Waals surface area contributed by atoms with Gasteiger partial charge in [0.25, 0.3) is 0 Å². The summed E-state index contributed by atoms with van der Waals surface area (Å²) in [5.41, 5.74) is 0. The highest BCUT2D eigenvalue weighted by Crippen LogP contribution is 2.02. The molecule has 0 aromatic rings. The maximum absolute atomic E-state index is 11.5. The molecule has 0 fully saturated rings. The smallest absolute Gasteiger partial charge is 0.319 e. The molecule has 0 saturated carbocycles. The van der Waals surface area contributed by atoms with E-state index in [9.17, 15) is 13.8 Å². The van der Waals surface area contributed by atoms with Crippen LogP contribution in [0.5, 0.6) is 0 Å². The maximum atomic E-state index is 11.5. The molecule has 1 amide bonds. The summed E-state index contributed by atoms with van der Waals surface area (Å²) in [5, 5.41) is 10.3. The molecule has 0 rings (SSSR count). The van der Waals surface area contributed by atoms with Gasteiger partial charge in [0, 0.05) is 17.3 Å². The molecule has 2 unspecified atom stereocenters. The van der Waals surface area contributed by atoms with Gasteiger partial charge in [-0.2, -0.15) is 0 Å². The minimum absolute atomic E-state index is 0.231. The lowest BCUT2D eigenvalue weighted by molar-refractivity contribution is -0.136. The Balaban J connectivity index is 4.10. The van der Waals surface area contributed by atoms with Crippen molar-refractivity contribution < 1.29 is 18.9 Å². The molecule has 88 valence electrons. The molecule has 0 radical (unpaired) electrons. The first-order chi connectivity index (χ1) is 7.02. The van der Waals surface area contributed by atoms with Crippen molar-refractivity contribution in [3.05, 3.63) is 0 Å². The van der Waals surface area contributed by atoms with Gasteiger partial charge < -0.3 is 10.4 Å². The van der Waals surface area contributed by atoms with Gasteiger partial charge in [-0.15, -0.1) is 0 Å². The minimum Gasteiger partial charge on any atom is -0.480 e. The largest absolute Gasteiger partial charge is 0.480 e. The van der Waals surface area contributed by atoms with Crippen molar-refractivity contribution in [1.29, 1.82) is 0 Å². The second-order valence-corrected chi connectivity index (χ2v) is 4.73. The van der Waals surface area contributed by atoms with E-state index in [1.54, 1.807) is 6.92 Å². The minimum atomic E-state index is -1.63. The lowest BCUT2D eigenvalue weighted by Crippen LogP contribution is -2.34. The predicted octanol–water partition coefficient (Wildman–Crippen LogP) is 0.124. The molecule has 2 N–H and O–H groups in total. The van der Waals surface area contributed by atoms with E-state index in [-0.39, 0.29) is 18.1 Å². The maximum Gasteiger partial charge on any atom is 0.319 e. The van der Waals surface area contributed by atoms with Crippen LogP contribution in [0.2, 0.25) is 0 Å². The Morgan fingerprint density at radius 2 is 2.00 bits per heavy atom. The van der Waals surface area contributed by atoms with Crippen molar-refractivity contribution in [2.24, 2.45) is 0 Å². The number of carboxylic acids is 1. The molecule has 0 saturated heterocycles. The van der Waals surface area contributed by atoms with Crippen molar-refractivity contribution in [1.82, 2.24) is 5.32 Å². The molecule has 0 aliphatic rings. The van der Waals surface area contributed by atoms with Crippen LogP contribution < -0.4 is 5.32 Å². The molecule has 2 atom stereocenters. The molecule has 0 aliphatic heterocycles. The van der Waals surface area contributed by atoms with Crippen LogP contribution in [0, 0.1) is 0 Å². The average molecular weight is 235 g/mol. The summed E-state index contributed by atoms with van der Waals surface area (Å²) in [6.45, 7) is 4.07. The third-order valence-electron chi connectivity index (χ3n) is 1.81. The number of carbonyl (C=O) groups is 2. The fourth-order valence-corrected chi connectivity index (χ4v) is 2.18. The van der Waals surface area contributed by atoms with E-state index < -0.39 is 22.0 Å². The highest BCUT2D eigenvalue weighted by molar-refractivity contribution is 7.87. The highest BCUT2D eigenvalue weighted by atomic mass is 32.2. The normalized spacial score (nSPS) is 14.3. The fourth-order valence-electron chi connectivity index (χ4n) is 1.02. The van der Waals surface area contributed by atoms with Crippen LogP contribution in [-0.4, -0.2) is 38.7 Å². The van der Waals surface area contributed by atoms with Crippen LogP contribution in [0.25, 0.3) is 0 Å². The molecular formula is C9H17NO4S. The molecule has 0 aromatic carbocycles. The second kappa shape index (κ2) is 7.39. The van der Waals surface area contributed by atoms with Crippen LogP contribution in [0.15, 0.2) is 0 Å². The van der Waals surface area contributed by atoms with E-state index in [0.717, 1.165) is 6.42 Å². The van der Waals surface area contributed by atoms with Gasteiger partial charge >= 0.3 is 5.97 Å². The summed E-state index contributed by atoms with van der Waals surface area (Å²) >= 11 is 0. The summed E-state index contributed by atoms with van der Waals surface area (Å²) < 4.78 is 11.5. The standard InChI is InChI=1S/C9H17NO4S/c1-3-5-10-8(11)6-15(14)7(4-2)9(12)13/h7H,3-6H2,1-2H3,(H,10,11)(H,12,13). The Bertz CT molecular complexity index is 254. The molecule has 6 heteroatoms. The van der Waals surface area contributed by atoms with Crippen LogP contribution in [-0.2, 0) is 20.4 Å². The van der Waals surface area contributed by atoms with E-state index in [1.165, 1.54) is 0 Å². The first-order valence-corrected chi connectivity index (χ1v) is 6.27. The summed E-state index contributed by atoms with van der Waals surface area (Å²) in [4.78, 5) is 21.8. The van der Waals surface area contributed by atoms with Gasteiger partial charge in [0.2, 0.25) is 5.91 Å². The molecule has 15 heavy (non-hydrogen) atoms. The zero-order chi connectivity index (χ0) is 11.8. The molecule has 0 spiro atoms. The first-order valence-electron chi connectivity index (χ1n) is 4.89. The molecule has 0 aliphatic carbocycles. The number of nitrogens with one attached hydrogen (secondary N) is 1. The van der Waals surface area contributed by atoms with E-state index in [0.29, 0.717) is 6.54 Å². The van der Waals surface area contributed by atoms with Gasteiger partial charge in [-0.05, 0) is 12.8 Å². The van der Waals surface area contributed by atoms with E-state index in [2.05, 4.69) is 5.32 Å². The lowest BCUT2D eigenvalue weighted by Gasteiger charge is -2.09. The Kier molecular flexibility index (Phi) is 6.94. The third kappa shape index (κ3) is 5.51. The number of aliphatic carboxylic acids is 1. The van der Waals surface area contributed by atoms with Crippen molar-refractivity contribution in [3.63, 3.8) is 0 Å². The van der Waals surface area contributed by atoms with Crippen LogP contribution in [0.3, 0.4) is 0 Å². The summed E-state index contributed by atoms with van der Waals surface area (Å²) in [6.07, 6.45) is 1.07. The SMILES string of the molecule is CCCNC(=O)CS(=O)C(CC)C(=O)O. The number of rotatable bonds is 7. The van der Waals surface area contributed by atoms with Gasteiger partial charge in [0.15, 0.2) is 0 Å². The highest BCUT2D eigenvalue weighted by Gasteiger charge is 2.24. The predicted molar refractivity (Wildman–Crippen MR) is 58.0 cm³/mol. The van der Waals surface area contributed by atoms with Crippen LogP contribution in [0.1, 0.15) is 26.7 Å². The van der Waals surface area contributed by atoms with E-state index in [4.69, 9.17) is 5.11 Å². The van der Waals surface area contributed by atoms with Crippen LogP contribution >= 0.6 is 0 Å². The topological polar surface area (TPSA) is 83.5 Å². The number of amides is 1. The Hall–Kier alpha value is -0.910. The quantitative estimate of drug-likeness (QED) is 0.656. The Labute approximate surface area is 91.7 Å². The van der Waals surface area contributed by atoms with E-state index in [1.807, 2.05) is 6.92 Å². The van der Waals surface area contributed by atoms with Crippen molar-refractivity contribution in [2.75, 3.05) is 12.3 Å². The molecule has 0 bridgehead atoms. The monoisotopic (exact) mass is 235 g/mol. The zero-order valence-corrected chi connectivity index (χ0v) is 9.80. The average Bonchev–Trinajstić information content (AvgIpc) is 2.15. The molecule has 5 nitrogen and oxygen atoms in total. The van der Waals surface area contributed by atoms with Gasteiger partial charge in [-0.1, -0.05) is 13.8 Å². The number of carboxylic acid groups (broad SMARTS) is 1. The number of hydrogen-bond acceptors (Lipinski definition) is 3. The Morgan fingerprint density at radius 1 is 1.40 bits per heavy atom. The van der Waals surface area contributed by atoms with Crippen molar-refractivity contribution >= 4 is 22.7 Å². The van der Waals surface area contributed by atoms with E-state index >= 15 is 0 Å². The van der Waals surface area contributed by atoms with Crippen molar-refractivity contribution in [3.8, 4) is 0 Å². The van der Waals surface area contributed by atoms with Crippen molar-refractivity contribution in [2.45, 2.75) is 31.9 Å². The summed E-state index contributed by atoms with van der Waals surface area (Å²) in [5.74, 6) is -1.70. The van der Waals surface area contributed by atoms with Gasteiger partial charge in [0.1, 0.15) is 11.0 Å². The first kappa shape index (κ1) is 14.1. The number of hydrogen-bond donors (Lipinski definition) is 2. The number of carbonyl (C=O) groups excluding carboxylic acids is 1. The third-order valence-corrected chi connectivity index (χ3v) is 3.53. The summed E-state index contributed by atoms with van der Waals surface area (Å²) in [6, 6.07) is 0. The van der Waals surface area contributed by atoms with Gasteiger partial charge in [-0.25, -0.2) is 0 Å². The fraction of sp³-hybridized carbons (Fsp3) is 0.778. The van der Waals surface area contributed by atoms with Gasteiger partial charge in [0.05, 0.1) is 0 Å². The summed E-state index contributed by atoms with van der Waals surface area (Å²) in [7, 11) is -1.63. The Morgan fingerprint density at radius 3 is 2.40 bits per heavy atom. The lowest BCUT2D eigenvalue weighted by atomic mass is 10.3. The molecular weight excluding hydrogens is 218 g/mol. The van der Waals surface area contributed by atoms with Crippen LogP contribution in [0.4, 0.5) is 0 Å². The molecule has 0 heterocycles. The second-order valence-electron chi connectivity index (χ2n) is 3.11.